The number of fused-ring (bicyclic) bond motifs is 1. The number of aromatic nitrogens is 3. The van der Waals surface area contributed by atoms with E-state index >= 15 is 0 Å². The Morgan fingerprint density at radius 1 is 1.43 bits per heavy atom. The molecule has 5 nitrogen and oxygen atoms in total. The third-order valence-electron chi connectivity index (χ3n) is 1.96. The molecular weight excluding hydrogens is 180 g/mol. The number of amides is 1. The Bertz CT molecular complexity index is 474. The third-order valence-corrected chi connectivity index (χ3v) is 1.96. The van der Waals surface area contributed by atoms with E-state index in [1.807, 2.05) is 0 Å². The van der Waals surface area contributed by atoms with Gasteiger partial charge in [0, 0.05) is 26.5 Å². The molecule has 0 saturated heterocycles. The number of nitrogens with zero attached hydrogens (tertiary/aromatic N) is 4. The molecule has 0 aliphatic heterocycles. The Morgan fingerprint density at radius 2 is 2.21 bits per heavy atom. The molecule has 2 aromatic rings. The topological polar surface area (TPSA) is 50.5 Å². The van der Waals surface area contributed by atoms with Gasteiger partial charge < -0.3 is 4.90 Å². The summed E-state index contributed by atoms with van der Waals surface area (Å²) in [4.78, 5) is 17.1. The van der Waals surface area contributed by atoms with Crippen molar-refractivity contribution in [1.29, 1.82) is 0 Å². The summed E-state index contributed by atoms with van der Waals surface area (Å²) in [6.45, 7) is 0. The highest BCUT2D eigenvalue weighted by atomic mass is 16.2. The van der Waals surface area contributed by atoms with Crippen LogP contribution in [0.15, 0.2) is 24.8 Å². The van der Waals surface area contributed by atoms with Gasteiger partial charge in [-0.1, -0.05) is 0 Å². The van der Waals surface area contributed by atoms with Crippen molar-refractivity contribution in [3.8, 4) is 0 Å². The maximum atomic E-state index is 11.7. The summed E-state index contributed by atoms with van der Waals surface area (Å²) in [5.74, 6) is -0.0620. The summed E-state index contributed by atoms with van der Waals surface area (Å²) < 4.78 is 1.63. The molecule has 0 aliphatic rings. The highest BCUT2D eigenvalue weighted by Gasteiger charge is 2.13. The highest BCUT2D eigenvalue weighted by molar-refractivity contribution is 6.00. The van der Waals surface area contributed by atoms with E-state index in [1.165, 1.54) is 4.90 Å². The number of hydrogen-bond acceptors (Lipinski definition) is 3. The van der Waals surface area contributed by atoms with Gasteiger partial charge in [0.2, 0.25) is 0 Å². The summed E-state index contributed by atoms with van der Waals surface area (Å²) in [6, 6.07) is 0. The molecule has 5 heteroatoms. The molecule has 0 fully saturated rings. The molecule has 0 bridgehead atoms. The Labute approximate surface area is 81.0 Å². The number of carbonyl (C=O) groups excluding carboxylic acids is 1. The van der Waals surface area contributed by atoms with Gasteiger partial charge in [-0.3, -0.25) is 9.78 Å². The lowest BCUT2D eigenvalue weighted by Gasteiger charge is -2.07. The van der Waals surface area contributed by atoms with Gasteiger partial charge in [0.1, 0.15) is 0 Å². The molecular formula is C9H10N4O. The Balaban J connectivity index is 2.58. The maximum absolute atomic E-state index is 11.7. The third kappa shape index (κ3) is 1.22. The van der Waals surface area contributed by atoms with Gasteiger partial charge in [0.25, 0.3) is 5.91 Å². The smallest absolute Gasteiger partial charge is 0.257 e. The van der Waals surface area contributed by atoms with E-state index in [1.54, 1.807) is 43.4 Å². The van der Waals surface area contributed by atoms with Crippen LogP contribution in [-0.2, 0) is 0 Å². The first-order valence-corrected chi connectivity index (χ1v) is 4.19. The van der Waals surface area contributed by atoms with Crippen LogP contribution in [0.1, 0.15) is 10.4 Å². The van der Waals surface area contributed by atoms with Gasteiger partial charge in [-0.15, -0.1) is 0 Å². The van der Waals surface area contributed by atoms with Crippen LogP contribution in [-0.4, -0.2) is 39.5 Å². The molecule has 2 heterocycles. The monoisotopic (exact) mass is 190 g/mol. The minimum absolute atomic E-state index is 0.0620. The van der Waals surface area contributed by atoms with Crippen molar-refractivity contribution in [2.75, 3.05) is 14.1 Å². The molecule has 1 amide bonds. The van der Waals surface area contributed by atoms with E-state index in [-0.39, 0.29) is 5.91 Å². The zero-order valence-electron chi connectivity index (χ0n) is 8.01. The first-order valence-electron chi connectivity index (χ1n) is 4.19. The van der Waals surface area contributed by atoms with E-state index in [0.717, 1.165) is 5.52 Å². The fourth-order valence-electron chi connectivity index (χ4n) is 1.24. The molecule has 0 unspecified atom stereocenters. The van der Waals surface area contributed by atoms with Crippen molar-refractivity contribution in [3.63, 3.8) is 0 Å². The lowest BCUT2D eigenvalue weighted by atomic mass is 10.2. The number of rotatable bonds is 1. The normalized spacial score (nSPS) is 10.4. The molecule has 0 radical (unpaired) electrons. The lowest BCUT2D eigenvalue weighted by Crippen LogP contribution is -2.21. The SMILES string of the molecule is CN(C)C(=O)c1cnn2ccncc12. The van der Waals surface area contributed by atoms with E-state index in [4.69, 9.17) is 0 Å². The van der Waals surface area contributed by atoms with Gasteiger partial charge in [-0.2, -0.15) is 5.10 Å². The molecule has 0 saturated carbocycles. The fraction of sp³-hybridized carbons (Fsp3) is 0.222. The Morgan fingerprint density at radius 3 is 2.93 bits per heavy atom. The van der Waals surface area contributed by atoms with Gasteiger partial charge in [0.15, 0.2) is 0 Å². The van der Waals surface area contributed by atoms with Crippen LogP contribution in [0, 0.1) is 0 Å². The molecule has 72 valence electrons. The largest absolute Gasteiger partial charge is 0.345 e. The Hall–Kier alpha value is -1.91. The van der Waals surface area contributed by atoms with Gasteiger partial charge in [0.05, 0.1) is 23.5 Å². The molecule has 2 rings (SSSR count). The minimum atomic E-state index is -0.0620. The van der Waals surface area contributed by atoms with E-state index in [2.05, 4.69) is 10.1 Å². The van der Waals surface area contributed by atoms with E-state index < -0.39 is 0 Å². The van der Waals surface area contributed by atoms with Crippen LogP contribution < -0.4 is 0 Å². The van der Waals surface area contributed by atoms with Crippen LogP contribution in [0.4, 0.5) is 0 Å². The second-order valence-electron chi connectivity index (χ2n) is 3.16. The standard InChI is InChI=1S/C9H10N4O/c1-12(2)9(14)7-5-11-13-4-3-10-6-8(7)13/h3-6H,1-2H3. The second kappa shape index (κ2) is 3.10. The lowest BCUT2D eigenvalue weighted by molar-refractivity contribution is 0.0829. The first kappa shape index (κ1) is 8.68. The average molecular weight is 190 g/mol. The maximum Gasteiger partial charge on any atom is 0.257 e. The highest BCUT2D eigenvalue weighted by Crippen LogP contribution is 2.09. The second-order valence-corrected chi connectivity index (χ2v) is 3.16. The molecule has 0 N–H and O–H groups in total. The number of carbonyl (C=O) groups is 1. The minimum Gasteiger partial charge on any atom is -0.345 e. The van der Waals surface area contributed by atoms with Gasteiger partial charge in [-0.05, 0) is 0 Å². The quantitative estimate of drug-likeness (QED) is 0.655. The van der Waals surface area contributed by atoms with Gasteiger partial charge >= 0.3 is 0 Å². The summed E-state index contributed by atoms with van der Waals surface area (Å²) in [7, 11) is 3.42. The van der Waals surface area contributed by atoms with Crippen molar-refractivity contribution < 1.29 is 4.79 Å². The summed E-state index contributed by atoms with van der Waals surface area (Å²) in [5.41, 5.74) is 1.30. The molecule has 0 spiro atoms. The van der Waals surface area contributed by atoms with Crippen molar-refractivity contribution in [2.45, 2.75) is 0 Å². The van der Waals surface area contributed by atoms with Crippen molar-refractivity contribution in [2.24, 2.45) is 0 Å². The fourth-order valence-corrected chi connectivity index (χ4v) is 1.24. The van der Waals surface area contributed by atoms with Crippen LogP contribution >= 0.6 is 0 Å². The molecule has 14 heavy (non-hydrogen) atoms. The van der Waals surface area contributed by atoms with E-state index in [0.29, 0.717) is 5.56 Å². The first-order chi connectivity index (χ1) is 6.70. The van der Waals surface area contributed by atoms with Crippen LogP contribution in [0.5, 0.6) is 0 Å². The van der Waals surface area contributed by atoms with Crippen molar-refractivity contribution in [1.82, 2.24) is 19.5 Å². The zero-order valence-corrected chi connectivity index (χ0v) is 8.01. The average Bonchev–Trinajstić information content (AvgIpc) is 2.60. The molecule has 2 aromatic heterocycles. The van der Waals surface area contributed by atoms with Gasteiger partial charge in [-0.25, -0.2) is 4.52 Å². The van der Waals surface area contributed by atoms with Crippen molar-refractivity contribution in [3.05, 3.63) is 30.4 Å². The molecule has 0 atom stereocenters. The predicted octanol–water partition coefficient (Wildman–Crippen LogP) is 0.431. The molecule has 0 aromatic carbocycles. The summed E-state index contributed by atoms with van der Waals surface area (Å²) in [6.07, 6.45) is 6.52. The number of hydrogen-bond donors (Lipinski definition) is 0. The summed E-state index contributed by atoms with van der Waals surface area (Å²) in [5, 5.41) is 4.05. The predicted molar refractivity (Wildman–Crippen MR) is 51.0 cm³/mol. The Kier molecular flexibility index (Phi) is 1.92. The van der Waals surface area contributed by atoms with Crippen LogP contribution in [0.3, 0.4) is 0 Å². The van der Waals surface area contributed by atoms with Crippen molar-refractivity contribution >= 4 is 11.4 Å². The summed E-state index contributed by atoms with van der Waals surface area (Å²) >= 11 is 0. The molecule has 0 aliphatic carbocycles. The van der Waals surface area contributed by atoms with Crippen LogP contribution in [0.25, 0.3) is 5.52 Å². The zero-order chi connectivity index (χ0) is 10.1. The van der Waals surface area contributed by atoms with E-state index in [9.17, 15) is 4.79 Å². The van der Waals surface area contributed by atoms with Crippen LogP contribution in [0.2, 0.25) is 0 Å².